The molecule has 0 spiro atoms. The van der Waals surface area contributed by atoms with Gasteiger partial charge in [-0.3, -0.25) is 4.79 Å². The molecule has 0 fully saturated rings. The molecule has 0 heterocycles. The second kappa shape index (κ2) is 9.16. The van der Waals surface area contributed by atoms with Crippen molar-refractivity contribution in [3.8, 4) is 0 Å². The summed E-state index contributed by atoms with van der Waals surface area (Å²) in [7, 11) is -3.70. The van der Waals surface area contributed by atoms with Crippen LogP contribution in [0.25, 0.3) is 0 Å². The molecular formula is C19H23ClN2O3S. The monoisotopic (exact) mass is 394 g/mol. The summed E-state index contributed by atoms with van der Waals surface area (Å²) in [6.07, 6.45) is 0.926. The summed E-state index contributed by atoms with van der Waals surface area (Å²) in [5.74, 6) is -0.178. The second-order valence-corrected chi connectivity index (χ2v) is 8.08. The summed E-state index contributed by atoms with van der Waals surface area (Å²) >= 11 is 6.10. The van der Waals surface area contributed by atoms with Crippen LogP contribution in [0.2, 0.25) is 5.02 Å². The van der Waals surface area contributed by atoms with Crippen LogP contribution in [0.1, 0.15) is 25.8 Å². The Hall–Kier alpha value is -1.89. The zero-order chi connectivity index (χ0) is 19.2. The number of nitrogens with zero attached hydrogens (tertiary/aromatic N) is 1. The van der Waals surface area contributed by atoms with Crippen molar-refractivity contribution in [2.75, 3.05) is 18.4 Å². The van der Waals surface area contributed by atoms with Crippen LogP contribution in [0.5, 0.6) is 0 Å². The van der Waals surface area contributed by atoms with Gasteiger partial charge < -0.3 is 5.32 Å². The lowest BCUT2D eigenvalue weighted by Crippen LogP contribution is -2.30. The first kappa shape index (κ1) is 20.4. The number of halogens is 1. The van der Waals surface area contributed by atoms with E-state index in [-0.39, 0.29) is 15.8 Å². The molecule has 0 aromatic heterocycles. The highest BCUT2D eigenvalue weighted by atomic mass is 35.5. The van der Waals surface area contributed by atoms with Crippen LogP contribution in [0.4, 0.5) is 5.69 Å². The van der Waals surface area contributed by atoms with Gasteiger partial charge in [0.1, 0.15) is 4.90 Å². The van der Waals surface area contributed by atoms with Crippen molar-refractivity contribution in [3.05, 3.63) is 59.1 Å². The summed E-state index contributed by atoms with van der Waals surface area (Å²) in [5, 5.41) is 2.88. The number of benzene rings is 2. The predicted molar refractivity (Wildman–Crippen MR) is 105 cm³/mol. The lowest BCUT2D eigenvalue weighted by atomic mass is 10.1. The van der Waals surface area contributed by atoms with Gasteiger partial charge in [-0.1, -0.05) is 55.8 Å². The Labute approximate surface area is 160 Å². The maximum absolute atomic E-state index is 12.7. The first-order chi connectivity index (χ1) is 12.4. The third-order valence-corrected chi connectivity index (χ3v) is 6.55. The van der Waals surface area contributed by atoms with Gasteiger partial charge in [0.05, 0.1) is 5.02 Å². The fourth-order valence-corrected chi connectivity index (χ4v) is 4.57. The predicted octanol–water partition coefficient (Wildman–Crippen LogP) is 3.94. The van der Waals surface area contributed by atoms with Crippen LogP contribution < -0.4 is 5.32 Å². The van der Waals surface area contributed by atoms with Gasteiger partial charge in [-0.2, -0.15) is 4.31 Å². The molecule has 0 radical (unpaired) electrons. The first-order valence-electron chi connectivity index (χ1n) is 8.52. The van der Waals surface area contributed by atoms with Gasteiger partial charge in [0, 0.05) is 25.2 Å². The number of anilines is 1. The Balaban J connectivity index is 2.12. The summed E-state index contributed by atoms with van der Waals surface area (Å²) in [5.41, 5.74) is 1.49. The summed E-state index contributed by atoms with van der Waals surface area (Å²) < 4.78 is 26.7. The number of hydrogen-bond acceptors (Lipinski definition) is 3. The standard InChI is InChI=1S/C19H23ClN2O3S/c1-3-22(4-2)26(24,25)18-14-16(11-12-17(18)20)21-19(23)13-10-15-8-6-5-7-9-15/h5-9,11-12,14H,3-4,10,13H2,1-2H3,(H,21,23). The van der Waals surface area contributed by atoms with E-state index < -0.39 is 10.0 Å². The van der Waals surface area contributed by atoms with Gasteiger partial charge in [-0.15, -0.1) is 0 Å². The molecule has 0 saturated carbocycles. The minimum Gasteiger partial charge on any atom is -0.326 e. The third kappa shape index (κ3) is 5.06. The van der Waals surface area contributed by atoms with Crippen molar-refractivity contribution in [1.82, 2.24) is 4.31 Å². The van der Waals surface area contributed by atoms with Gasteiger partial charge in [-0.25, -0.2) is 8.42 Å². The van der Waals surface area contributed by atoms with Crippen molar-refractivity contribution < 1.29 is 13.2 Å². The van der Waals surface area contributed by atoms with E-state index in [9.17, 15) is 13.2 Å². The molecular weight excluding hydrogens is 372 g/mol. The number of carbonyl (C=O) groups is 1. The fourth-order valence-electron chi connectivity index (χ4n) is 2.61. The van der Waals surface area contributed by atoms with Crippen LogP contribution in [0, 0.1) is 0 Å². The molecule has 140 valence electrons. The van der Waals surface area contributed by atoms with E-state index in [1.807, 2.05) is 30.3 Å². The highest BCUT2D eigenvalue weighted by Crippen LogP contribution is 2.27. The quantitative estimate of drug-likeness (QED) is 0.737. The Morgan fingerprint density at radius 1 is 1.08 bits per heavy atom. The zero-order valence-electron chi connectivity index (χ0n) is 14.9. The van der Waals surface area contributed by atoms with E-state index >= 15 is 0 Å². The lowest BCUT2D eigenvalue weighted by Gasteiger charge is -2.19. The number of carbonyl (C=O) groups excluding carboxylic acids is 1. The highest BCUT2D eigenvalue weighted by molar-refractivity contribution is 7.89. The number of hydrogen-bond donors (Lipinski definition) is 1. The van der Waals surface area contributed by atoms with Gasteiger partial charge >= 0.3 is 0 Å². The van der Waals surface area contributed by atoms with Gasteiger partial charge in [0.2, 0.25) is 15.9 Å². The molecule has 0 atom stereocenters. The molecule has 7 heteroatoms. The average Bonchev–Trinajstić information content (AvgIpc) is 2.63. The maximum Gasteiger partial charge on any atom is 0.244 e. The lowest BCUT2D eigenvalue weighted by molar-refractivity contribution is -0.116. The Kier molecular flexibility index (Phi) is 7.20. The fraction of sp³-hybridized carbons (Fsp3) is 0.316. The number of amides is 1. The molecule has 0 unspecified atom stereocenters. The van der Waals surface area contributed by atoms with E-state index in [2.05, 4.69) is 5.32 Å². The SMILES string of the molecule is CCN(CC)S(=O)(=O)c1cc(NC(=O)CCc2ccccc2)ccc1Cl. The molecule has 1 N–H and O–H groups in total. The van der Waals surface area contributed by atoms with Crippen LogP contribution in [0.3, 0.4) is 0 Å². The van der Waals surface area contributed by atoms with E-state index in [1.54, 1.807) is 19.9 Å². The minimum atomic E-state index is -3.70. The second-order valence-electron chi connectivity index (χ2n) is 5.77. The Bertz CT molecular complexity index is 850. The summed E-state index contributed by atoms with van der Waals surface area (Å²) in [6, 6.07) is 14.2. The number of sulfonamides is 1. The summed E-state index contributed by atoms with van der Waals surface area (Å²) in [4.78, 5) is 12.2. The van der Waals surface area contributed by atoms with Gasteiger partial charge in [0.15, 0.2) is 0 Å². The number of rotatable bonds is 8. The Morgan fingerprint density at radius 3 is 2.35 bits per heavy atom. The minimum absolute atomic E-state index is 0.00345. The highest BCUT2D eigenvalue weighted by Gasteiger charge is 2.24. The van der Waals surface area contributed by atoms with Gasteiger partial charge in [0.25, 0.3) is 0 Å². The third-order valence-electron chi connectivity index (χ3n) is 4.02. The van der Waals surface area contributed by atoms with E-state index in [1.165, 1.54) is 16.4 Å². The van der Waals surface area contributed by atoms with Crippen molar-refractivity contribution in [2.24, 2.45) is 0 Å². The number of aryl methyl sites for hydroxylation is 1. The zero-order valence-corrected chi connectivity index (χ0v) is 16.5. The van der Waals surface area contributed by atoms with Crippen molar-refractivity contribution in [2.45, 2.75) is 31.6 Å². The van der Waals surface area contributed by atoms with E-state index in [0.717, 1.165) is 5.56 Å². The normalized spacial score (nSPS) is 11.5. The molecule has 0 saturated heterocycles. The van der Waals surface area contributed by atoms with Crippen LogP contribution >= 0.6 is 11.6 Å². The molecule has 2 aromatic rings. The molecule has 2 rings (SSSR count). The topological polar surface area (TPSA) is 66.5 Å². The maximum atomic E-state index is 12.7. The molecule has 0 aliphatic heterocycles. The van der Waals surface area contributed by atoms with Crippen LogP contribution in [0.15, 0.2) is 53.4 Å². The van der Waals surface area contributed by atoms with Crippen molar-refractivity contribution in [3.63, 3.8) is 0 Å². The van der Waals surface area contributed by atoms with Crippen molar-refractivity contribution >= 4 is 33.2 Å². The first-order valence-corrected chi connectivity index (χ1v) is 10.3. The van der Waals surface area contributed by atoms with E-state index in [4.69, 9.17) is 11.6 Å². The van der Waals surface area contributed by atoms with Crippen LogP contribution in [-0.4, -0.2) is 31.7 Å². The molecule has 1 amide bonds. The smallest absolute Gasteiger partial charge is 0.244 e. The number of nitrogens with one attached hydrogen (secondary N) is 1. The Morgan fingerprint density at radius 2 is 1.73 bits per heavy atom. The van der Waals surface area contributed by atoms with Gasteiger partial charge in [-0.05, 0) is 30.2 Å². The molecule has 5 nitrogen and oxygen atoms in total. The summed E-state index contributed by atoms with van der Waals surface area (Å²) in [6.45, 7) is 4.24. The molecule has 0 bridgehead atoms. The average molecular weight is 395 g/mol. The van der Waals surface area contributed by atoms with Crippen molar-refractivity contribution in [1.29, 1.82) is 0 Å². The molecule has 26 heavy (non-hydrogen) atoms. The molecule has 2 aromatic carbocycles. The molecule has 0 aliphatic rings. The largest absolute Gasteiger partial charge is 0.326 e. The van der Waals surface area contributed by atoms with E-state index in [0.29, 0.717) is 31.6 Å². The molecule has 0 aliphatic carbocycles. The van der Waals surface area contributed by atoms with Crippen LogP contribution in [-0.2, 0) is 21.2 Å².